The molecule has 6 rings (SSSR count). The second kappa shape index (κ2) is 12.5. The molecule has 0 radical (unpaired) electrons. The molecule has 2 aromatic carbocycles. The van der Waals surface area contributed by atoms with Crippen molar-refractivity contribution < 1.29 is 18.0 Å². The van der Waals surface area contributed by atoms with Gasteiger partial charge in [0.15, 0.2) is 5.17 Å². The highest BCUT2D eigenvalue weighted by Gasteiger charge is 2.31. The van der Waals surface area contributed by atoms with Gasteiger partial charge in [-0.05, 0) is 67.8 Å². The smallest absolute Gasteiger partial charge is 0.286 e. The highest BCUT2D eigenvalue weighted by molar-refractivity contribution is 8.18. The van der Waals surface area contributed by atoms with Crippen molar-refractivity contribution in [3.8, 4) is 16.9 Å². The van der Waals surface area contributed by atoms with Gasteiger partial charge in [0, 0.05) is 49.4 Å². The maximum absolute atomic E-state index is 13.6. The third-order valence-corrected chi connectivity index (χ3v) is 11.1. The summed E-state index contributed by atoms with van der Waals surface area (Å²) in [4.78, 5) is 31.6. The molecular weight excluding hydrogens is 585 g/mol. The number of nitrogens with two attached hydrogens (primary N) is 1. The molecule has 1 aromatic heterocycles. The lowest BCUT2D eigenvalue weighted by Crippen LogP contribution is -2.40. The van der Waals surface area contributed by atoms with Crippen molar-refractivity contribution in [2.45, 2.75) is 43.4 Å². The Morgan fingerprint density at radius 3 is 2.37 bits per heavy atom. The highest BCUT2D eigenvalue weighted by atomic mass is 32.2. The fourth-order valence-electron chi connectivity index (χ4n) is 5.69. The Hall–Kier alpha value is -3.74. The average molecular weight is 619 g/mol. The molecule has 0 saturated carbocycles. The first-order valence-corrected chi connectivity index (χ1v) is 16.9. The normalized spacial score (nSPS) is 19.9. The van der Waals surface area contributed by atoms with Gasteiger partial charge in [-0.25, -0.2) is 13.1 Å². The van der Waals surface area contributed by atoms with Crippen LogP contribution in [0, 0.1) is 5.92 Å². The van der Waals surface area contributed by atoms with Gasteiger partial charge in [0.2, 0.25) is 15.9 Å². The van der Waals surface area contributed by atoms with Crippen molar-refractivity contribution in [2.24, 2.45) is 16.6 Å². The topological polar surface area (TPSA) is 131 Å². The van der Waals surface area contributed by atoms with Crippen LogP contribution in [-0.4, -0.2) is 70.6 Å². The van der Waals surface area contributed by atoms with Gasteiger partial charge in [0.25, 0.3) is 5.91 Å². The molecule has 10 nitrogen and oxygen atoms in total. The molecule has 0 unspecified atom stereocenters. The summed E-state index contributed by atoms with van der Waals surface area (Å²) in [6.07, 6.45) is 8.67. The van der Waals surface area contributed by atoms with Gasteiger partial charge in [-0.1, -0.05) is 43.2 Å². The highest BCUT2D eigenvalue weighted by Crippen LogP contribution is 2.35. The lowest BCUT2D eigenvalue weighted by molar-refractivity contribution is -0.123. The Morgan fingerprint density at radius 1 is 0.953 bits per heavy atom. The number of hydrogen-bond donors (Lipinski definition) is 1. The minimum atomic E-state index is -3.66. The summed E-state index contributed by atoms with van der Waals surface area (Å²) < 4.78 is 30.5. The van der Waals surface area contributed by atoms with Crippen molar-refractivity contribution in [3.63, 3.8) is 0 Å². The Labute approximate surface area is 255 Å². The van der Waals surface area contributed by atoms with Crippen molar-refractivity contribution >= 4 is 44.8 Å². The van der Waals surface area contributed by atoms with Crippen LogP contribution in [0.5, 0.6) is 0 Å². The predicted molar refractivity (Wildman–Crippen MR) is 168 cm³/mol. The number of aromatic nitrogens is 2. The zero-order chi connectivity index (χ0) is 30.0. The maximum atomic E-state index is 13.6. The number of primary amides is 1. The molecule has 0 aliphatic carbocycles. The molecule has 2 saturated heterocycles. The van der Waals surface area contributed by atoms with E-state index in [9.17, 15) is 18.0 Å². The summed E-state index contributed by atoms with van der Waals surface area (Å²) >= 11 is 1.30. The first kappa shape index (κ1) is 29.3. The summed E-state index contributed by atoms with van der Waals surface area (Å²) in [6.45, 7) is 2.26. The van der Waals surface area contributed by atoms with Crippen LogP contribution in [-0.2, 0) is 19.6 Å². The van der Waals surface area contributed by atoms with Crippen LogP contribution in [0.4, 0.5) is 0 Å². The van der Waals surface area contributed by atoms with E-state index in [1.807, 2.05) is 47.5 Å². The van der Waals surface area contributed by atoms with Gasteiger partial charge < -0.3 is 10.6 Å². The van der Waals surface area contributed by atoms with E-state index in [0.717, 1.165) is 31.4 Å². The van der Waals surface area contributed by atoms with E-state index in [2.05, 4.69) is 4.99 Å². The molecule has 0 atom stereocenters. The van der Waals surface area contributed by atoms with Crippen molar-refractivity contribution in [1.29, 1.82) is 0 Å². The van der Waals surface area contributed by atoms with Gasteiger partial charge in [-0.3, -0.25) is 9.59 Å². The zero-order valence-corrected chi connectivity index (χ0v) is 25.4. The standard InChI is InChI=1S/C31H34N6O4S2/c32-29(38)22-13-17-35(18-14-22)31-33-30(39)27(42-31)20-24-21-37(25-10-4-3-5-11-25)34-28(24)23-9-8-12-26(19-23)43(40,41)36-15-6-1-2-7-16-36/h3-5,8-12,19-22H,1-2,6-7,13-18H2,(H2,32,38)/b27-20-. The van der Waals surface area contributed by atoms with E-state index in [4.69, 9.17) is 10.8 Å². The van der Waals surface area contributed by atoms with E-state index >= 15 is 0 Å². The third-order valence-electron chi connectivity index (χ3n) is 8.14. The van der Waals surface area contributed by atoms with Crippen LogP contribution < -0.4 is 5.73 Å². The largest absolute Gasteiger partial charge is 0.369 e. The number of nitrogens with zero attached hydrogens (tertiary/aromatic N) is 5. The molecule has 3 aliphatic rings. The fourth-order valence-corrected chi connectivity index (χ4v) is 8.21. The number of sulfonamides is 1. The van der Waals surface area contributed by atoms with Gasteiger partial charge in [0.1, 0.15) is 5.69 Å². The number of amidine groups is 1. The number of benzene rings is 2. The van der Waals surface area contributed by atoms with Gasteiger partial charge >= 0.3 is 0 Å². The summed E-state index contributed by atoms with van der Waals surface area (Å²) in [6, 6.07) is 16.5. The molecule has 2 amide bonds. The first-order chi connectivity index (χ1) is 20.8. The number of piperidine rings is 1. The molecule has 3 aliphatic heterocycles. The second-order valence-corrected chi connectivity index (χ2v) is 14.0. The van der Waals surface area contributed by atoms with Crippen molar-refractivity contribution in [2.75, 3.05) is 26.2 Å². The molecule has 3 aromatic rings. The van der Waals surface area contributed by atoms with Crippen LogP contribution in [0.2, 0.25) is 0 Å². The SMILES string of the molecule is NC(=O)C1CCN(C2=NC(=O)/C(=C/c3cn(-c4ccccc4)nc3-c3cccc(S(=O)(=O)N4CCCCCC4)c3)S2)CC1. The second-order valence-electron chi connectivity index (χ2n) is 11.0. The molecular formula is C31H34N6O4S2. The minimum absolute atomic E-state index is 0.153. The molecule has 224 valence electrons. The van der Waals surface area contributed by atoms with Gasteiger partial charge in [-0.15, -0.1) is 0 Å². The lowest BCUT2D eigenvalue weighted by Gasteiger charge is -2.31. The molecule has 4 heterocycles. The van der Waals surface area contributed by atoms with E-state index in [1.54, 1.807) is 33.3 Å². The van der Waals surface area contributed by atoms with E-state index < -0.39 is 10.0 Å². The van der Waals surface area contributed by atoms with E-state index in [1.165, 1.54) is 11.8 Å². The minimum Gasteiger partial charge on any atom is -0.369 e. The predicted octanol–water partition coefficient (Wildman–Crippen LogP) is 4.27. The first-order valence-electron chi connectivity index (χ1n) is 14.6. The Balaban J connectivity index is 1.32. The van der Waals surface area contributed by atoms with Crippen LogP contribution in [0.3, 0.4) is 0 Å². The molecule has 0 bridgehead atoms. The van der Waals surface area contributed by atoms with Crippen LogP contribution in [0.15, 0.2) is 75.6 Å². The number of amides is 2. The zero-order valence-electron chi connectivity index (χ0n) is 23.8. The Kier molecular flexibility index (Phi) is 8.51. The maximum Gasteiger partial charge on any atom is 0.286 e. The molecule has 43 heavy (non-hydrogen) atoms. The third kappa shape index (κ3) is 6.31. The lowest BCUT2D eigenvalue weighted by atomic mass is 9.97. The summed E-state index contributed by atoms with van der Waals surface area (Å²) in [7, 11) is -3.66. The number of thioether (sulfide) groups is 1. The van der Waals surface area contributed by atoms with E-state index in [-0.39, 0.29) is 22.6 Å². The molecule has 12 heteroatoms. The summed E-state index contributed by atoms with van der Waals surface area (Å²) in [5, 5.41) is 5.47. The fraction of sp³-hybridized carbons (Fsp3) is 0.355. The molecule has 2 fully saturated rings. The van der Waals surface area contributed by atoms with E-state index in [0.29, 0.717) is 65.9 Å². The average Bonchev–Trinajstić information content (AvgIpc) is 3.49. The number of rotatable bonds is 6. The van der Waals surface area contributed by atoms with Crippen molar-refractivity contribution in [3.05, 3.63) is 71.3 Å². The number of carbonyl (C=O) groups excluding carboxylic acids is 2. The number of hydrogen-bond acceptors (Lipinski definition) is 7. The van der Waals surface area contributed by atoms with Crippen LogP contribution in [0.1, 0.15) is 44.1 Å². The number of carbonyl (C=O) groups is 2. The van der Waals surface area contributed by atoms with Crippen molar-refractivity contribution in [1.82, 2.24) is 19.0 Å². The Morgan fingerprint density at radius 2 is 1.67 bits per heavy atom. The van der Waals surface area contributed by atoms with Crippen LogP contribution >= 0.6 is 11.8 Å². The number of para-hydroxylation sites is 1. The number of aliphatic imine (C=N–C) groups is 1. The quantitative estimate of drug-likeness (QED) is 0.408. The van der Waals surface area contributed by atoms with Gasteiger partial charge in [-0.2, -0.15) is 14.4 Å². The molecule has 2 N–H and O–H groups in total. The summed E-state index contributed by atoms with van der Waals surface area (Å²) in [5.41, 5.74) is 8.19. The molecule has 0 spiro atoms. The van der Waals surface area contributed by atoms with Gasteiger partial charge in [0.05, 0.1) is 15.5 Å². The summed E-state index contributed by atoms with van der Waals surface area (Å²) in [5.74, 6) is -0.782. The number of likely N-dealkylation sites (tertiary alicyclic amines) is 1. The van der Waals surface area contributed by atoms with Crippen LogP contribution in [0.25, 0.3) is 23.0 Å². The Bertz CT molecular complexity index is 1680. The monoisotopic (exact) mass is 618 g/mol.